The van der Waals surface area contributed by atoms with Crippen molar-refractivity contribution in [2.24, 2.45) is 5.16 Å². The van der Waals surface area contributed by atoms with Crippen LogP contribution in [0.2, 0.25) is 0 Å². The van der Waals surface area contributed by atoms with Crippen molar-refractivity contribution in [3.63, 3.8) is 0 Å². The summed E-state index contributed by atoms with van der Waals surface area (Å²) in [5.41, 5.74) is 2.78. The van der Waals surface area contributed by atoms with E-state index in [1.165, 1.54) is 0 Å². The summed E-state index contributed by atoms with van der Waals surface area (Å²) >= 11 is 3.33. The first-order chi connectivity index (χ1) is 10.1. The number of oxime groups is 1. The molecule has 1 N–H and O–H groups in total. The zero-order valence-electron chi connectivity index (χ0n) is 11.5. The molecule has 0 unspecified atom stereocenters. The van der Waals surface area contributed by atoms with Crippen molar-refractivity contribution in [3.05, 3.63) is 64.1 Å². The van der Waals surface area contributed by atoms with Crippen LogP contribution in [0.1, 0.15) is 11.1 Å². The highest BCUT2D eigenvalue weighted by molar-refractivity contribution is 9.10. The zero-order chi connectivity index (χ0) is 15.1. The van der Waals surface area contributed by atoms with E-state index in [2.05, 4.69) is 26.4 Å². The normalized spacial score (nSPS) is 10.6. The summed E-state index contributed by atoms with van der Waals surface area (Å²) in [6.45, 7) is 1.86. The molecule has 0 aliphatic heterocycles. The second-order valence-electron chi connectivity index (χ2n) is 4.42. The summed E-state index contributed by atoms with van der Waals surface area (Å²) in [6.07, 6.45) is 1.60. The molecule has 0 aliphatic carbocycles. The molecule has 2 rings (SSSR count). The fourth-order valence-corrected chi connectivity index (χ4v) is 1.92. The molecule has 0 saturated heterocycles. The molecule has 0 atom stereocenters. The van der Waals surface area contributed by atoms with Crippen molar-refractivity contribution < 1.29 is 9.63 Å². The van der Waals surface area contributed by atoms with Gasteiger partial charge < -0.3 is 10.2 Å². The smallest absolute Gasteiger partial charge is 0.265 e. The van der Waals surface area contributed by atoms with E-state index < -0.39 is 0 Å². The lowest BCUT2D eigenvalue weighted by atomic mass is 10.1. The maximum absolute atomic E-state index is 11.7. The fraction of sp³-hybridized carbons (Fsp3) is 0.125. The van der Waals surface area contributed by atoms with Crippen LogP contribution in [0.5, 0.6) is 0 Å². The number of hydrogen-bond donors (Lipinski definition) is 1. The van der Waals surface area contributed by atoms with Gasteiger partial charge in [-0.15, -0.1) is 0 Å². The highest BCUT2D eigenvalue weighted by atomic mass is 79.9. The Hall–Kier alpha value is -2.14. The number of carbonyl (C=O) groups is 1. The number of halogens is 1. The van der Waals surface area contributed by atoms with E-state index in [-0.39, 0.29) is 12.5 Å². The SMILES string of the molecule is Cc1ccccc1/C=N\OCC(=O)Nc1ccc(Br)cc1. The third-order valence-electron chi connectivity index (χ3n) is 2.78. The molecule has 2 aromatic carbocycles. The van der Waals surface area contributed by atoms with Crippen molar-refractivity contribution in [1.29, 1.82) is 0 Å². The molecule has 2 aromatic rings. The van der Waals surface area contributed by atoms with Gasteiger partial charge in [-0.3, -0.25) is 4.79 Å². The quantitative estimate of drug-likeness (QED) is 0.662. The van der Waals surface area contributed by atoms with Crippen LogP contribution in [-0.4, -0.2) is 18.7 Å². The maximum atomic E-state index is 11.7. The molecule has 0 aliphatic rings. The standard InChI is InChI=1S/C16H15BrN2O2/c1-12-4-2-3-5-13(12)10-18-21-11-16(20)19-15-8-6-14(17)7-9-15/h2-10H,11H2,1H3,(H,19,20)/b18-10-. The van der Waals surface area contributed by atoms with Gasteiger partial charge in [-0.05, 0) is 42.3 Å². The van der Waals surface area contributed by atoms with Gasteiger partial charge in [0.25, 0.3) is 5.91 Å². The third kappa shape index (κ3) is 5.04. The first-order valence-corrected chi connectivity index (χ1v) is 7.21. The number of rotatable bonds is 5. The molecule has 0 fully saturated rings. The molecular formula is C16H15BrN2O2. The lowest BCUT2D eigenvalue weighted by molar-refractivity contribution is -0.120. The number of hydrogen-bond acceptors (Lipinski definition) is 3. The molecule has 0 spiro atoms. The first kappa shape index (κ1) is 15.3. The van der Waals surface area contributed by atoms with Gasteiger partial charge in [0.2, 0.25) is 0 Å². The van der Waals surface area contributed by atoms with E-state index in [4.69, 9.17) is 4.84 Å². The number of aryl methyl sites for hydroxylation is 1. The van der Waals surface area contributed by atoms with Crippen LogP contribution in [0.25, 0.3) is 0 Å². The molecule has 0 bridgehead atoms. The molecule has 0 saturated carbocycles. The summed E-state index contributed by atoms with van der Waals surface area (Å²) in [4.78, 5) is 16.7. The zero-order valence-corrected chi connectivity index (χ0v) is 13.1. The van der Waals surface area contributed by atoms with Crippen molar-refractivity contribution in [3.8, 4) is 0 Å². The van der Waals surface area contributed by atoms with Gasteiger partial charge in [0.15, 0.2) is 6.61 Å². The Bertz CT molecular complexity index is 639. The largest absolute Gasteiger partial charge is 0.386 e. The Balaban J connectivity index is 1.79. The lowest BCUT2D eigenvalue weighted by Gasteiger charge is -2.04. The molecule has 0 radical (unpaired) electrons. The van der Waals surface area contributed by atoms with Gasteiger partial charge in [0, 0.05) is 10.2 Å². The summed E-state index contributed by atoms with van der Waals surface area (Å²) in [5, 5.41) is 6.53. The van der Waals surface area contributed by atoms with Crippen LogP contribution >= 0.6 is 15.9 Å². The number of carbonyl (C=O) groups excluding carboxylic acids is 1. The van der Waals surface area contributed by atoms with E-state index in [1.54, 1.807) is 18.3 Å². The van der Waals surface area contributed by atoms with Crippen LogP contribution < -0.4 is 5.32 Å². The van der Waals surface area contributed by atoms with Crippen LogP contribution in [0, 0.1) is 6.92 Å². The second-order valence-corrected chi connectivity index (χ2v) is 5.34. The predicted octanol–water partition coefficient (Wildman–Crippen LogP) is 3.75. The molecule has 21 heavy (non-hydrogen) atoms. The van der Waals surface area contributed by atoms with Crippen LogP contribution in [0.15, 0.2) is 58.2 Å². The summed E-state index contributed by atoms with van der Waals surface area (Å²) in [7, 11) is 0. The van der Waals surface area contributed by atoms with Crippen molar-refractivity contribution in [2.45, 2.75) is 6.92 Å². The van der Waals surface area contributed by atoms with E-state index >= 15 is 0 Å². The molecule has 1 amide bonds. The summed E-state index contributed by atoms with van der Waals surface area (Å²) in [6, 6.07) is 15.1. The topological polar surface area (TPSA) is 50.7 Å². The summed E-state index contributed by atoms with van der Waals surface area (Å²) < 4.78 is 0.958. The highest BCUT2D eigenvalue weighted by Crippen LogP contribution is 2.13. The van der Waals surface area contributed by atoms with E-state index in [1.807, 2.05) is 43.3 Å². The Morgan fingerprint density at radius 2 is 1.95 bits per heavy atom. The maximum Gasteiger partial charge on any atom is 0.265 e. The van der Waals surface area contributed by atoms with Gasteiger partial charge in [0.1, 0.15) is 0 Å². The molecule has 108 valence electrons. The van der Waals surface area contributed by atoms with E-state index in [0.717, 1.165) is 21.3 Å². The van der Waals surface area contributed by atoms with Crippen LogP contribution in [-0.2, 0) is 9.63 Å². The van der Waals surface area contributed by atoms with Crippen LogP contribution in [0.3, 0.4) is 0 Å². The Morgan fingerprint density at radius 3 is 2.67 bits per heavy atom. The van der Waals surface area contributed by atoms with Gasteiger partial charge >= 0.3 is 0 Å². The number of anilines is 1. The van der Waals surface area contributed by atoms with Gasteiger partial charge in [0.05, 0.1) is 6.21 Å². The van der Waals surface area contributed by atoms with Gasteiger partial charge in [-0.1, -0.05) is 45.4 Å². The molecule has 0 heterocycles. The lowest BCUT2D eigenvalue weighted by Crippen LogP contribution is -2.16. The predicted molar refractivity (Wildman–Crippen MR) is 87.5 cm³/mol. The number of nitrogens with one attached hydrogen (secondary N) is 1. The molecule has 0 aromatic heterocycles. The Morgan fingerprint density at radius 1 is 1.24 bits per heavy atom. The third-order valence-corrected chi connectivity index (χ3v) is 3.31. The number of benzene rings is 2. The number of nitrogens with zero attached hydrogens (tertiary/aromatic N) is 1. The monoisotopic (exact) mass is 346 g/mol. The minimum atomic E-state index is -0.251. The van der Waals surface area contributed by atoms with Gasteiger partial charge in [-0.2, -0.15) is 0 Å². The fourth-order valence-electron chi connectivity index (χ4n) is 1.65. The average molecular weight is 347 g/mol. The molecule has 4 nitrogen and oxygen atoms in total. The van der Waals surface area contributed by atoms with E-state index in [0.29, 0.717) is 0 Å². The molecule has 5 heteroatoms. The van der Waals surface area contributed by atoms with E-state index in [9.17, 15) is 4.79 Å². The molecular weight excluding hydrogens is 332 g/mol. The Labute approximate surface area is 131 Å². The second kappa shape index (κ2) is 7.59. The Kier molecular flexibility index (Phi) is 5.51. The van der Waals surface area contributed by atoms with Crippen molar-refractivity contribution in [1.82, 2.24) is 0 Å². The minimum absolute atomic E-state index is 0.127. The minimum Gasteiger partial charge on any atom is -0.386 e. The number of amides is 1. The average Bonchev–Trinajstić information content (AvgIpc) is 2.48. The summed E-state index contributed by atoms with van der Waals surface area (Å²) in [5.74, 6) is -0.251. The van der Waals surface area contributed by atoms with Crippen LogP contribution in [0.4, 0.5) is 5.69 Å². The van der Waals surface area contributed by atoms with Gasteiger partial charge in [-0.25, -0.2) is 0 Å². The van der Waals surface area contributed by atoms with Crippen molar-refractivity contribution >= 4 is 33.7 Å². The van der Waals surface area contributed by atoms with Crippen molar-refractivity contribution in [2.75, 3.05) is 11.9 Å². The first-order valence-electron chi connectivity index (χ1n) is 6.41. The highest BCUT2D eigenvalue weighted by Gasteiger charge is 2.02.